The topological polar surface area (TPSA) is 83.5 Å². The van der Waals surface area contributed by atoms with E-state index >= 15 is 0 Å². The average Bonchev–Trinajstić information content (AvgIpc) is 3.22. The van der Waals surface area contributed by atoms with E-state index in [1.54, 1.807) is 18.2 Å². The Kier molecular flexibility index (Phi) is 5.66. The Morgan fingerprint density at radius 2 is 2.04 bits per heavy atom. The van der Waals surface area contributed by atoms with Crippen molar-refractivity contribution in [2.75, 3.05) is 19.6 Å². The summed E-state index contributed by atoms with van der Waals surface area (Å²) < 4.78 is 36.4. The van der Waals surface area contributed by atoms with Crippen LogP contribution in [-0.4, -0.2) is 58.0 Å². The lowest BCUT2D eigenvalue weighted by molar-refractivity contribution is -0.140. The van der Waals surface area contributed by atoms with Crippen molar-refractivity contribution in [3.63, 3.8) is 0 Å². The lowest BCUT2D eigenvalue weighted by atomic mass is 9.93. The maximum Gasteiger partial charge on any atom is 0.245 e. The van der Waals surface area contributed by atoms with Crippen LogP contribution < -0.4 is 0 Å². The van der Waals surface area contributed by atoms with Crippen molar-refractivity contribution < 1.29 is 13.2 Å². The number of nitrogens with zero attached hydrogens (tertiary/aromatic N) is 4. The Labute approximate surface area is 170 Å². The van der Waals surface area contributed by atoms with Gasteiger partial charge in [-0.2, -0.15) is 13.1 Å². The van der Waals surface area contributed by atoms with Crippen molar-refractivity contribution in [3.05, 3.63) is 18.2 Å². The molecule has 3 heterocycles. The second-order valence-corrected chi connectivity index (χ2v) is 10.1. The van der Waals surface area contributed by atoms with E-state index in [0.717, 1.165) is 44.0 Å². The molecule has 2 atom stereocenters. The van der Waals surface area contributed by atoms with E-state index < -0.39 is 10.0 Å². The first-order valence-corrected chi connectivity index (χ1v) is 12.2. The Bertz CT molecular complexity index is 959. The zero-order valence-electron chi connectivity index (χ0n) is 16.1. The van der Waals surface area contributed by atoms with Crippen molar-refractivity contribution >= 4 is 38.7 Å². The van der Waals surface area contributed by atoms with Gasteiger partial charge < -0.3 is 4.90 Å². The molecular formula is C19H26N4O3S2. The third-order valence-corrected chi connectivity index (χ3v) is 8.42. The lowest BCUT2D eigenvalue weighted by Gasteiger charge is -2.40. The highest BCUT2D eigenvalue weighted by atomic mass is 32.2. The van der Waals surface area contributed by atoms with Gasteiger partial charge in [0, 0.05) is 25.7 Å². The summed E-state index contributed by atoms with van der Waals surface area (Å²) in [5, 5.41) is 0. The van der Waals surface area contributed by atoms with Gasteiger partial charge in [-0.15, -0.1) is 0 Å². The van der Waals surface area contributed by atoms with Gasteiger partial charge in [-0.3, -0.25) is 4.79 Å². The summed E-state index contributed by atoms with van der Waals surface area (Å²) in [6.45, 7) is 3.61. The standard InChI is InChI=1S/C19H26N4O3S2/c1-2-15-8-3-4-12-23(15)19(24)14-7-6-11-22(13-14)28(25,26)17-10-5-9-16-18(17)21-27-20-16/h5,9-10,14-15H,2-4,6-8,11-13H2,1H3/t14-,15+/m1/s1. The molecule has 1 aromatic heterocycles. The number of rotatable bonds is 4. The fraction of sp³-hybridized carbons (Fsp3) is 0.632. The van der Waals surface area contributed by atoms with Gasteiger partial charge in [0.1, 0.15) is 15.9 Å². The monoisotopic (exact) mass is 422 g/mol. The van der Waals surface area contributed by atoms with Crippen LogP contribution in [0.3, 0.4) is 0 Å². The molecule has 2 aliphatic rings. The number of carbonyl (C=O) groups excluding carboxylic acids is 1. The van der Waals surface area contributed by atoms with Crippen molar-refractivity contribution in [1.82, 2.24) is 18.0 Å². The minimum atomic E-state index is -3.71. The number of carbonyl (C=O) groups is 1. The van der Waals surface area contributed by atoms with Crippen LogP contribution in [0.2, 0.25) is 0 Å². The van der Waals surface area contributed by atoms with Crippen molar-refractivity contribution in [2.24, 2.45) is 5.92 Å². The van der Waals surface area contributed by atoms with E-state index in [0.29, 0.717) is 30.0 Å². The van der Waals surface area contributed by atoms with Gasteiger partial charge in [0.25, 0.3) is 0 Å². The summed E-state index contributed by atoms with van der Waals surface area (Å²) in [6.07, 6.45) is 5.66. The fourth-order valence-corrected chi connectivity index (χ4v) is 6.72. The molecule has 152 valence electrons. The average molecular weight is 423 g/mol. The van der Waals surface area contributed by atoms with Crippen LogP contribution in [0, 0.1) is 5.92 Å². The number of benzene rings is 1. The number of fused-ring (bicyclic) bond motifs is 1. The molecule has 0 aliphatic carbocycles. The molecule has 28 heavy (non-hydrogen) atoms. The highest BCUT2D eigenvalue weighted by Crippen LogP contribution is 2.30. The van der Waals surface area contributed by atoms with Crippen LogP contribution in [-0.2, 0) is 14.8 Å². The number of piperidine rings is 2. The quantitative estimate of drug-likeness (QED) is 0.756. The van der Waals surface area contributed by atoms with Crippen LogP contribution >= 0.6 is 11.7 Å². The number of sulfonamides is 1. The first kappa shape index (κ1) is 19.7. The van der Waals surface area contributed by atoms with Gasteiger partial charge in [0.2, 0.25) is 15.9 Å². The molecule has 7 nitrogen and oxygen atoms in total. The van der Waals surface area contributed by atoms with Crippen molar-refractivity contribution in [2.45, 2.75) is 56.4 Å². The fourth-order valence-electron chi connectivity index (χ4n) is 4.44. The SMILES string of the molecule is CC[C@H]1CCCCN1C(=O)[C@@H]1CCCN(S(=O)(=O)c2cccc3nsnc23)C1. The Balaban J connectivity index is 1.56. The molecule has 2 fully saturated rings. The molecule has 0 saturated carbocycles. The summed E-state index contributed by atoms with van der Waals surface area (Å²) >= 11 is 1.01. The normalized spacial score (nSPS) is 24.5. The summed E-state index contributed by atoms with van der Waals surface area (Å²) in [6, 6.07) is 5.34. The van der Waals surface area contributed by atoms with E-state index in [4.69, 9.17) is 0 Å². The summed E-state index contributed by atoms with van der Waals surface area (Å²) in [5.74, 6) is -0.136. The summed E-state index contributed by atoms with van der Waals surface area (Å²) in [4.78, 5) is 15.4. The molecule has 0 N–H and O–H groups in total. The Hall–Kier alpha value is -1.58. The van der Waals surface area contributed by atoms with Gasteiger partial charge in [0.15, 0.2) is 0 Å². The maximum absolute atomic E-state index is 13.3. The highest BCUT2D eigenvalue weighted by molar-refractivity contribution is 7.89. The Morgan fingerprint density at radius 1 is 1.18 bits per heavy atom. The molecular weight excluding hydrogens is 396 g/mol. The van der Waals surface area contributed by atoms with E-state index in [1.807, 2.05) is 4.90 Å². The van der Waals surface area contributed by atoms with Crippen LogP contribution in [0.1, 0.15) is 45.4 Å². The number of likely N-dealkylation sites (tertiary alicyclic amines) is 1. The number of aromatic nitrogens is 2. The highest BCUT2D eigenvalue weighted by Gasteiger charge is 2.37. The lowest BCUT2D eigenvalue weighted by Crippen LogP contribution is -2.50. The molecule has 0 radical (unpaired) electrons. The van der Waals surface area contributed by atoms with Crippen molar-refractivity contribution in [1.29, 1.82) is 0 Å². The molecule has 1 aromatic carbocycles. The molecule has 0 spiro atoms. The predicted octanol–water partition coefficient (Wildman–Crippen LogP) is 2.88. The number of hydrogen-bond donors (Lipinski definition) is 0. The molecule has 2 aromatic rings. The minimum Gasteiger partial charge on any atom is -0.339 e. The largest absolute Gasteiger partial charge is 0.339 e. The molecule has 4 rings (SSSR count). The van der Waals surface area contributed by atoms with Gasteiger partial charge in [-0.05, 0) is 50.7 Å². The molecule has 1 amide bonds. The predicted molar refractivity (Wildman–Crippen MR) is 109 cm³/mol. The van der Waals surface area contributed by atoms with Crippen LogP contribution in [0.5, 0.6) is 0 Å². The molecule has 0 bridgehead atoms. The number of amides is 1. The molecule has 2 saturated heterocycles. The number of hydrogen-bond acceptors (Lipinski definition) is 6. The van der Waals surface area contributed by atoms with Crippen molar-refractivity contribution in [3.8, 4) is 0 Å². The Morgan fingerprint density at radius 3 is 2.86 bits per heavy atom. The summed E-state index contributed by atoms with van der Waals surface area (Å²) in [5.41, 5.74) is 1.01. The van der Waals surface area contributed by atoms with E-state index in [-0.39, 0.29) is 23.3 Å². The van der Waals surface area contributed by atoms with Crippen LogP contribution in [0.25, 0.3) is 11.0 Å². The van der Waals surface area contributed by atoms with E-state index in [9.17, 15) is 13.2 Å². The second kappa shape index (κ2) is 8.04. The van der Waals surface area contributed by atoms with Gasteiger partial charge in [0.05, 0.1) is 17.6 Å². The van der Waals surface area contributed by atoms with Gasteiger partial charge in [-0.25, -0.2) is 8.42 Å². The summed E-state index contributed by atoms with van der Waals surface area (Å²) in [7, 11) is -3.71. The van der Waals surface area contributed by atoms with Gasteiger partial charge in [-0.1, -0.05) is 13.0 Å². The minimum absolute atomic E-state index is 0.125. The van der Waals surface area contributed by atoms with E-state index in [1.165, 1.54) is 10.7 Å². The second-order valence-electron chi connectivity index (χ2n) is 7.68. The van der Waals surface area contributed by atoms with E-state index in [2.05, 4.69) is 15.7 Å². The molecule has 9 heteroatoms. The first-order chi connectivity index (χ1) is 13.5. The third kappa shape index (κ3) is 3.55. The molecule has 0 unspecified atom stereocenters. The first-order valence-electron chi connectivity index (χ1n) is 10.0. The third-order valence-electron chi connectivity index (χ3n) is 5.98. The van der Waals surface area contributed by atoms with Gasteiger partial charge >= 0.3 is 0 Å². The zero-order chi connectivity index (χ0) is 19.7. The van der Waals surface area contributed by atoms with Crippen LogP contribution in [0.15, 0.2) is 23.1 Å². The smallest absolute Gasteiger partial charge is 0.245 e. The maximum atomic E-state index is 13.3. The van der Waals surface area contributed by atoms with Crippen LogP contribution in [0.4, 0.5) is 0 Å². The zero-order valence-corrected chi connectivity index (χ0v) is 17.7. The molecule has 2 aliphatic heterocycles.